The van der Waals surface area contributed by atoms with Crippen LogP contribution in [0.15, 0.2) is 41.0 Å². The van der Waals surface area contributed by atoms with E-state index in [0.29, 0.717) is 20.9 Å². The number of aromatic nitrogens is 1. The van der Waals surface area contributed by atoms with Gasteiger partial charge in [-0.1, -0.05) is 11.6 Å². The molecule has 0 radical (unpaired) electrons. The summed E-state index contributed by atoms with van der Waals surface area (Å²) >= 11 is 9.10. The number of non-ortho nitro benzene ring substituents is 1. The van der Waals surface area contributed by atoms with Crippen LogP contribution in [0.5, 0.6) is 5.75 Å². The van der Waals surface area contributed by atoms with Crippen molar-refractivity contribution in [1.82, 2.24) is 4.98 Å². The lowest BCUT2D eigenvalue weighted by Crippen LogP contribution is -1.99. The number of hydrogen-bond donors (Lipinski definition) is 0. The van der Waals surface area contributed by atoms with Crippen molar-refractivity contribution in [2.45, 2.75) is 6.61 Å². The fraction of sp³-hybridized carbons (Fsp3) is 0.0833. The Kier molecular flexibility index (Phi) is 4.34. The summed E-state index contributed by atoms with van der Waals surface area (Å²) in [5, 5.41) is 11.3. The highest BCUT2D eigenvalue weighted by atomic mass is 79.9. The molecular formula is C12H8BrClN2O3. The molecule has 0 aliphatic heterocycles. The molecule has 0 bridgehead atoms. The molecule has 19 heavy (non-hydrogen) atoms. The van der Waals surface area contributed by atoms with Crippen molar-refractivity contribution in [1.29, 1.82) is 0 Å². The Morgan fingerprint density at radius 2 is 2.16 bits per heavy atom. The van der Waals surface area contributed by atoms with Crippen LogP contribution in [-0.4, -0.2) is 9.91 Å². The predicted molar refractivity (Wildman–Crippen MR) is 74.4 cm³/mol. The van der Waals surface area contributed by atoms with E-state index in [2.05, 4.69) is 20.9 Å². The van der Waals surface area contributed by atoms with Crippen LogP contribution < -0.4 is 4.74 Å². The molecule has 0 aliphatic rings. The fourth-order valence-corrected chi connectivity index (χ4v) is 1.94. The molecule has 1 aromatic heterocycles. The van der Waals surface area contributed by atoms with Crippen molar-refractivity contribution in [3.05, 3.63) is 61.8 Å². The summed E-state index contributed by atoms with van der Waals surface area (Å²) in [6.07, 6.45) is 1.57. The second-order valence-electron chi connectivity index (χ2n) is 3.63. The number of benzene rings is 1. The second kappa shape index (κ2) is 5.99. The van der Waals surface area contributed by atoms with E-state index in [1.807, 2.05) is 0 Å². The summed E-state index contributed by atoms with van der Waals surface area (Å²) < 4.78 is 6.14. The van der Waals surface area contributed by atoms with Crippen LogP contribution >= 0.6 is 27.5 Å². The third-order valence-corrected chi connectivity index (χ3v) is 3.17. The molecule has 98 valence electrons. The first kappa shape index (κ1) is 13.8. The smallest absolute Gasteiger partial charge is 0.273 e. The quantitative estimate of drug-likeness (QED) is 0.622. The monoisotopic (exact) mass is 342 g/mol. The summed E-state index contributed by atoms with van der Waals surface area (Å²) in [5.41, 5.74) is 0.614. The number of pyridine rings is 1. The Morgan fingerprint density at radius 3 is 2.84 bits per heavy atom. The van der Waals surface area contributed by atoms with Crippen molar-refractivity contribution in [2.24, 2.45) is 0 Å². The van der Waals surface area contributed by atoms with Gasteiger partial charge in [-0.2, -0.15) is 0 Å². The predicted octanol–water partition coefficient (Wildman–Crippen LogP) is 3.98. The van der Waals surface area contributed by atoms with Gasteiger partial charge in [0.15, 0.2) is 0 Å². The normalized spacial score (nSPS) is 10.2. The maximum atomic E-state index is 10.7. The Labute approximate surface area is 122 Å². The number of nitro groups is 1. The van der Waals surface area contributed by atoms with E-state index in [1.54, 1.807) is 24.4 Å². The van der Waals surface area contributed by atoms with E-state index in [0.717, 1.165) is 0 Å². The van der Waals surface area contributed by atoms with Gasteiger partial charge in [0.2, 0.25) is 0 Å². The van der Waals surface area contributed by atoms with Gasteiger partial charge < -0.3 is 4.74 Å². The third kappa shape index (κ3) is 3.65. The summed E-state index contributed by atoms with van der Waals surface area (Å²) in [6, 6.07) is 7.66. The highest BCUT2D eigenvalue weighted by Gasteiger charge is 2.10. The summed E-state index contributed by atoms with van der Waals surface area (Å²) in [7, 11) is 0. The first-order valence-electron chi connectivity index (χ1n) is 5.23. The highest BCUT2D eigenvalue weighted by Crippen LogP contribution is 2.29. The van der Waals surface area contributed by atoms with Gasteiger partial charge in [-0.05, 0) is 34.1 Å². The molecule has 0 aliphatic carbocycles. The first-order chi connectivity index (χ1) is 9.06. The van der Waals surface area contributed by atoms with Crippen molar-refractivity contribution in [3.8, 4) is 5.75 Å². The lowest BCUT2D eigenvalue weighted by Gasteiger charge is -2.07. The van der Waals surface area contributed by atoms with Gasteiger partial charge in [0.1, 0.15) is 12.4 Å². The molecule has 0 saturated carbocycles. The van der Waals surface area contributed by atoms with Gasteiger partial charge in [-0.25, -0.2) is 0 Å². The SMILES string of the molecule is O=[N+]([O-])c1ccc(Br)c(OCc2cc(Cl)ccn2)c1. The van der Waals surface area contributed by atoms with E-state index >= 15 is 0 Å². The zero-order valence-electron chi connectivity index (χ0n) is 9.55. The van der Waals surface area contributed by atoms with Gasteiger partial charge in [0.25, 0.3) is 5.69 Å². The van der Waals surface area contributed by atoms with E-state index in [1.165, 1.54) is 12.1 Å². The van der Waals surface area contributed by atoms with E-state index in [4.69, 9.17) is 16.3 Å². The maximum Gasteiger partial charge on any atom is 0.273 e. The Morgan fingerprint density at radius 1 is 1.37 bits per heavy atom. The van der Waals surface area contributed by atoms with Gasteiger partial charge in [0, 0.05) is 17.3 Å². The van der Waals surface area contributed by atoms with E-state index in [-0.39, 0.29) is 12.3 Å². The van der Waals surface area contributed by atoms with Crippen LogP contribution in [0.4, 0.5) is 5.69 Å². The largest absolute Gasteiger partial charge is 0.486 e. The number of nitro benzene ring substituents is 1. The first-order valence-corrected chi connectivity index (χ1v) is 6.40. The molecule has 7 heteroatoms. The molecule has 0 amide bonds. The average Bonchev–Trinajstić information content (AvgIpc) is 2.37. The van der Waals surface area contributed by atoms with E-state index < -0.39 is 4.92 Å². The lowest BCUT2D eigenvalue weighted by molar-refractivity contribution is -0.385. The van der Waals surface area contributed by atoms with Crippen LogP contribution in [0.25, 0.3) is 0 Å². The molecule has 1 heterocycles. The molecule has 0 fully saturated rings. The topological polar surface area (TPSA) is 65.3 Å². The van der Waals surface area contributed by atoms with Crippen molar-refractivity contribution >= 4 is 33.2 Å². The van der Waals surface area contributed by atoms with Crippen LogP contribution in [-0.2, 0) is 6.61 Å². The molecule has 2 aromatic rings. The van der Waals surface area contributed by atoms with Crippen molar-refractivity contribution in [2.75, 3.05) is 0 Å². The summed E-state index contributed by atoms with van der Waals surface area (Å²) in [6.45, 7) is 0.181. The molecule has 0 atom stereocenters. The number of rotatable bonds is 4. The fourth-order valence-electron chi connectivity index (χ4n) is 1.40. The molecule has 0 saturated heterocycles. The van der Waals surface area contributed by atoms with Crippen LogP contribution in [0.3, 0.4) is 0 Å². The van der Waals surface area contributed by atoms with Gasteiger partial charge in [-0.15, -0.1) is 0 Å². The van der Waals surface area contributed by atoms with Crippen LogP contribution in [0.2, 0.25) is 5.02 Å². The van der Waals surface area contributed by atoms with Crippen LogP contribution in [0, 0.1) is 10.1 Å². The molecule has 2 rings (SSSR count). The Bertz CT molecular complexity index is 622. The standard InChI is InChI=1S/C12H8BrClN2O3/c13-11-2-1-10(16(17)18)6-12(11)19-7-9-5-8(14)3-4-15-9/h1-6H,7H2. The zero-order valence-corrected chi connectivity index (χ0v) is 11.9. The van der Waals surface area contributed by atoms with Crippen LogP contribution in [0.1, 0.15) is 5.69 Å². The lowest BCUT2D eigenvalue weighted by atomic mass is 10.3. The van der Waals surface area contributed by atoms with Gasteiger partial charge >= 0.3 is 0 Å². The van der Waals surface area contributed by atoms with Gasteiger partial charge in [0.05, 0.1) is 21.2 Å². The van der Waals surface area contributed by atoms with E-state index in [9.17, 15) is 10.1 Å². The number of halogens is 2. The minimum Gasteiger partial charge on any atom is -0.486 e. The molecule has 1 aromatic carbocycles. The van der Waals surface area contributed by atoms with Crippen molar-refractivity contribution < 1.29 is 9.66 Å². The number of ether oxygens (including phenoxy) is 1. The Hall–Kier alpha value is -1.66. The van der Waals surface area contributed by atoms with Gasteiger partial charge in [-0.3, -0.25) is 15.1 Å². The Balaban J connectivity index is 2.15. The highest BCUT2D eigenvalue weighted by molar-refractivity contribution is 9.10. The minimum atomic E-state index is -0.475. The third-order valence-electron chi connectivity index (χ3n) is 2.28. The molecule has 0 N–H and O–H groups in total. The molecular weight excluding hydrogens is 336 g/mol. The molecule has 0 unspecified atom stereocenters. The van der Waals surface area contributed by atoms with Crippen molar-refractivity contribution in [3.63, 3.8) is 0 Å². The number of nitrogens with zero attached hydrogens (tertiary/aromatic N) is 2. The average molecular weight is 344 g/mol. The zero-order chi connectivity index (χ0) is 13.8. The number of hydrogen-bond acceptors (Lipinski definition) is 4. The summed E-state index contributed by atoms with van der Waals surface area (Å²) in [5.74, 6) is 0.385. The molecule has 5 nitrogen and oxygen atoms in total. The second-order valence-corrected chi connectivity index (χ2v) is 4.92. The molecule has 0 spiro atoms. The summed E-state index contributed by atoms with van der Waals surface area (Å²) in [4.78, 5) is 14.3. The maximum absolute atomic E-state index is 10.7. The minimum absolute atomic E-state index is 0.0303.